The topological polar surface area (TPSA) is 89.5 Å². The lowest BCUT2D eigenvalue weighted by Gasteiger charge is -2.27. The zero-order chi connectivity index (χ0) is 21.0. The van der Waals surface area contributed by atoms with Crippen LogP contribution in [0.1, 0.15) is 25.9 Å². The molecule has 0 aromatic carbocycles. The van der Waals surface area contributed by atoms with Crippen molar-refractivity contribution in [1.82, 2.24) is 20.3 Å². The van der Waals surface area contributed by atoms with Crippen LogP contribution in [0, 0.1) is 6.85 Å². The van der Waals surface area contributed by atoms with Gasteiger partial charge in [0.25, 0.3) is 5.91 Å². The highest BCUT2D eigenvalue weighted by Gasteiger charge is 2.18. The number of carbonyl (C=O) groups is 1. The zero-order valence-electron chi connectivity index (χ0n) is 17.2. The highest BCUT2D eigenvalue weighted by molar-refractivity contribution is 6.30. The van der Waals surface area contributed by atoms with E-state index in [1.165, 1.54) is 19.4 Å². The molecule has 0 bridgehead atoms. The minimum atomic E-state index is -2.53. The van der Waals surface area contributed by atoms with Gasteiger partial charge >= 0.3 is 0 Å². The molecule has 138 valence electrons. The van der Waals surface area contributed by atoms with E-state index in [9.17, 15) is 4.79 Å². The lowest BCUT2D eigenvalue weighted by atomic mass is 10.2. The van der Waals surface area contributed by atoms with Gasteiger partial charge in [0.15, 0.2) is 0 Å². The first-order chi connectivity index (χ1) is 13.8. The number of anilines is 1. The molecule has 0 aliphatic carbocycles. The predicted molar refractivity (Wildman–Crippen MR) is 96.8 cm³/mol. The summed E-state index contributed by atoms with van der Waals surface area (Å²) in [6, 6.07) is 3.11. The second-order valence-electron chi connectivity index (χ2n) is 5.50. The highest BCUT2D eigenvalue weighted by atomic mass is 35.5. The van der Waals surface area contributed by atoms with E-state index in [0.717, 1.165) is 0 Å². The summed E-state index contributed by atoms with van der Waals surface area (Å²) in [5.41, 5.74) is 0.113. The quantitative estimate of drug-likeness (QED) is 0.788. The van der Waals surface area contributed by atoms with Gasteiger partial charge in [0, 0.05) is 22.8 Å². The van der Waals surface area contributed by atoms with Crippen LogP contribution in [0.25, 0.3) is 0 Å². The predicted octanol–water partition coefficient (Wildman–Crippen LogP) is 1.61. The van der Waals surface area contributed by atoms with Crippen molar-refractivity contribution in [3.05, 3.63) is 40.4 Å². The van der Waals surface area contributed by atoms with Gasteiger partial charge in [0.2, 0.25) is 5.95 Å². The van der Waals surface area contributed by atoms with Crippen LogP contribution in [0.5, 0.6) is 5.75 Å². The molecule has 8 nitrogen and oxygen atoms in total. The molecule has 26 heavy (non-hydrogen) atoms. The first-order valence-corrected chi connectivity index (χ1v) is 8.35. The summed E-state index contributed by atoms with van der Waals surface area (Å²) < 4.78 is 33.6. The van der Waals surface area contributed by atoms with E-state index in [4.69, 9.17) is 25.2 Å². The van der Waals surface area contributed by atoms with E-state index in [1.54, 1.807) is 6.07 Å². The van der Waals surface area contributed by atoms with Crippen molar-refractivity contribution in [1.29, 1.82) is 0 Å². The number of carbonyl (C=O) groups excluding carboxylic acids is 1. The van der Waals surface area contributed by atoms with Gasteiger partial charge in [0.1, 0.15) is 16.6 Å². The number of hydrogen-bond acceptors (Lipinski definition) is 7. The molecule has 1 N–H and O–H groups in total. The largest absolute Gasteiger partial charge is 0.495 e. The second kappa shape index (κ2) is 8.29. The molecule has 2 aromatic heterocycles. The van der Waals surface area contributed by atoms with Crippen LogP contribution in [0.3, 0.4) is 0 Å². The Balaban J connectivity index is 1.84. The second-order valence-corrected chi connectivity index (χ2v) is 5.86. The van der Waals surface area contributed by atoms with Crippen LogP contribution in [-0.2, 0) is 11.3 Å². The maximum Gasteiger partial charge on any atom is 0.270 e. The maximum absolute atomic E-state index is 12.4. The van der Waals surface area contributed by atoms with Crippen LogP contribution < -0.4 is 15.0 Å². The molecule has 1 fully saturated rings. The Morgan fingerprint density at radius 3 is 2.88 bits per heavy atom. The number of methoxy groups -OCH3 is 1. The van der Waals surface area contributed by atoms with E-state index in [1.807, 2.05) is 4.90 Å². The summed E-state index contributed by atoms with van der Waals surface area (Å²) in [5, 5.41) is 2.48. The fourth-order valence-corrected chi connectivity index (χ4v) is 2.57. The number of hydrogen-bond donors (Lipinski definition) is 1. The van der Waals surface area contributed by atoms with Crippen molar-refractivity contribution in [2.24, 2.45) is 0 Å². The van der Waals surface area contributed by atoms with Crippen LogP contribution >= 0.6 is 11.6 Å². The van der Waals surface area contributed by atoms with E-state index >= 15 is 0 Å². The monoisotopic (exact) mass is 380 g/mol. The molecular formula is C17H20ClN5O3. The number of morpholine rings is 1. The third-order valence-electron chi connectivity index (χ3n) is 3.84. The average molecular weight is 381 g/mol. The Morgan fingerprint density at radius 1 is 1.42 bits per heavy atom. The van der Waals surface area contributed by atoms with Crippen molar-refractivity contribution in [3.8, 4) is 5.75 Å². The number of pyridine rings is 1. The first kappa shape index (κ1) is 14.7. The highest BCUT2D eigenvalue weighted by Crippen LogP contribution is 2.20. The third kappa shape index (κ3) is 4.20. The summed E-state index contributed by atoms with van der Waals surface area (Å²) in [4.78, 5) is 26.8. The van der Waals surface area contributed by atoms with Gasteiger partial charge in [-0.1, -0.05) is 11.6 Å². The van der Waals surface area contributed by atoms with Gasteiger partial charge in [-0.15, -0.1) is 0 Å². The van der Waals surface area contributed by atoms with Crippen LogP contribution in [-0.4, -0.2) is 54.3 Å². The van der Waals surface area contributed by atoms with Gasteiger partial charge in [-0.3, -0.25) is 4.79 Å². The van der Waals surface area contributed by atoms with Gasteiger partial charge < -0.3 is 19.7 Å². The molecular weight excluding hydrogens is 358 g/mol. The third-order valence-corrected chi connectivity index (χ3v) is 4.12. The SMILES string of the molecule is [2H]C([2H])([2H])c1c(Cl)nc(N2CCOCC2)nc1CNC(=O)c1ccc(OC)cn1. The lowest BCUT2D eigenvalue weighted by molar-refractivity contribution is 0.0945. The van der Waals surface area contributed by atoms with E-state index in [2.05, 4.69) is 20.3 Å². The van der Waals surface area contributed by atoms with Crippen molar-refractivity contribution in [3.63, 3.8) is 0 Å². The van der Waals surface area contributed by atoms with Crippen molar-refractivity contribution in [2.45, 2.75) is 13.4 Å². The summed E-state index contributed by atoms with van der Waals surface area (Å²) in [6.07, 6.45) is 1.42. The number of nitrogens with one attached hydrogen (secondary N) is 1. The van der Waals surface area contributed by atoms with Crippen LogP contribution in [0.4, 0.5) is 5.95 Å². The molecule has 1 aliphatic rings. The molecule has 0 unspecified atom stereocenters. The number of ether oxygens (including phenoxy) is 2. The van der Waals surface area contributed by atoms with Crippen molar-refractivity contribution in [2.75, 3.05) is 38.3 Å². The Kier molecular flexibility index (Phi) is 4.68. The molecule has 0 spiro atoms. The number of amides is 1. The van der Waals surface area contributed by atoms with Gasteiger partial charge in [0.05, 0.1) is 38.8 Å². The minimum absolute atomic E-state index is 0.133. The molecule has 1 saturated heterocycles. The Labute approximate surface area is 160 Å². The number of halogens is 1. The Bertz CT molecular complexity index is 874. The molecule has 2 aromatic rings. The van der Waals surface area contributed by atoms with Crippen molar-refractivity contribution >= 4 is 23.5 Å². The fraction of sp³-hybridized carbons (Fsp3) is 0.412. The Morgan fingerprint density at radius 2 is 2.23 bits per heavy atom. The Hall–Kier alpha value is -2.45. The molecule has 0 saturated carbocycles. The zero-order valence-corrected chi connectivity index (χ0v) is 14.9. The maximum atomic E-state index is 12.4. The number of nitrogens with zero attached hydrogens (tertiary/aromatic N) is 4. The number of rotatable bonds is 5. The van der Waals surface area contributed by atoms with Crippen LogP contribution in [0.2, 0.25) is 5.15 Å². The van der Waals surface area contributed by atoms with Gasteiger partial charge in [-0.2, -0.15) is 0 Å². The van der Waals surface area contributed by atoms with Crippen molar-refractivity contribution < 1.29 is 18.4 Å². The standard InChI is InChI=1S/C17H20ClN5O3/c1-11-14(10-20-16(24)13-4-3-12(25-2)9-19-13)21-17(22-15(11)18)23-5-7-26-8-6-23/h3-4,9H,5-8,10H2,1-2H3,(H,20,24)/i1D3. The van der Waals surface area contributed by atoms with Crippen LogP contribution in [0.15, 0.2) is 18.3 Å². The molecule has 1 amide bonds. The summed E-state index contributed by atoms with van der Waals surface area (Å²) >= 11 is 6.20. The van der Waals surface area contributed by atoms with Gasteiger partial charge in [-0.05, 0) is 19.0 Å². The lowest BCUT2D eigenvalue weighted by Crippen LogP contribution is -2.37. The summed E-state index contributed by atoms with van der Waals surface area (Å²) in [7, 11) is 1.50. The normalized spacial score (nSPS) is 16.4. The van der Waals surface area contributed by atoms with Gasteiger partial charge in [-0.25, -0.2) is 15.0 Å². The van der Waals surface area contributed by atoms with E-state index < -0.39 is 12.8 Å². The average Bonchev–Trinajstić information content (AvgIpc) is 2.71. The molecule has 0 radical (unpaired) electrons. The molecule has 1 aliphatic heterocycles. The fourth-order valence-electron chi connectivity index (χ4n) is 2.39. The summed E-state index contributed by atoms with van der Waals surface area (Å²) in [6.45, 7) is -0.524. The van der Waals surface area contributed by atoms with E-state index in [0.29, 0.717) is 38.0 Å². The minimum Gasteiger partial charge on any atom is -0.495 e. The summed E-state index contributed by atoms with van der Waals surface area (Å²) in [5.74, 6) is 0.342. The first-order valence-electron chi connectivity index (χ1n) is 9.47. The van der Waals surface area contributed by atoms with E-state index in [-0.39, 0.29) is 28.6 Å². The molecule has 0 atom stereocenters. The molecule has 3 heterocycles. The molecule has 9 heteroatoms. The smallest absolute Gasteiger partial charge is 0.270 e. The number of aromatic nitrogens is 3. The molecule has 3 rings (SSSR count).